The molecule has 3 heteroatoms. The summed E-state index contributed by atoms with van der Waals surface area (Å²) in [7, 11) is 0. The maximum Gasteiger partial charge on any atom is 0.109 e. The summed E-state index contributed by atoms with van der Waals surface area (Å²) in [6.07, 6.45) is 6.03. The van der Waals surface area contributed by atoms with E-state index in [0.717, 1.165) is 24.4 Å². The fourth-order valence-corrected chi connectivity index (χ4v) is 2.09. The predicted molar refractivity (Wildman–Crippen MR) is 70.9 cm³/mol. The third-order valence-corrected chi connectivity index (χ3v) is 3.03. The Bertz CT molecular complexity index is 488. The molecule has 2 N–H and O–H groups in total. The van der Waals surface area contributed by atoms with Crippen LogP contribution in [0.4, 0.5) is 5.69 Å². The molecule has 2 aromatic rings. The zero-order valence-corrected chi connectivity index (χ0v) is 10.4. The average molecular weight is 229 g/mol. The van der Waals surface area contributed by atoms with Crippen molar-refractivity contribution in [2.24, 2.45) is 0 Å². The van der Waals surface area contributed by atoms with Crippen LogP contribution in [0.3, 0.4) is 0 Å². The largest absolute Gasteiger partial charge is 0.399 e. The van der Waals surface area contributed by atoms with Gasteiger partial charge in [0, 0.05) is 24.5 Å². The fraction of sp³-hybridized carbons (Fsp3) is 0.357. The number of nitrogen functional groups attached to an aromatic ring is 1. The van der Waals surface area contributed by atoms with E-state index in [-0.39, 0.29) is 6.04 Å². The van der Waals surface area contributed by atoms with Gasteiger partial charge in [0.2, 0.25) is 0 Å². The number of imidazole rings is 1. The van der Waals surface area contributed by atoms with Gasteiger partial charge in [0.25, 0.3) is 0 Å². The van der Waals surface area contributed by atoms with Crippen molar-refractivity contribution in [1.82, 2.24) is 9.55 Å². The molecule has 1 atom stereocenters. The number of rotatable bonds is 4. The molecule has 2 rings (SSSR count). The minimum atomic E-state index is 0.280. The van der Waals surface area contributed by atoms with E-state index in [1.54, 1.807) is 0 Å². The van der Waals surface area contributed by atoms with Gasteiger partial charge in [-0.05, 0) is 31.0 Å². The summed E-state index contributed by atoms with van der Waals surface area (Å²) in [5.74, 6) is 1.14. The van der Waals surface area contributed by atoms with Crippen molar-refractivity contribution in [1.29, 1.82) is 0 Å². The zero-order valence-electron chi connectivity index (χ0n) is 10.4. The van der Waals surface area contributed by atoms with Crippen molar-refractivity contribution in [3.05, 3.63) is 48.0 Å². The summed E-state index contributed by atoms with van der Waals surface area (Å²) in [5, 5.41) is 0. The van der Waals surface area contributed by atoms with Gasteiger partial charge in [-0.15, -0.1) is 0 Å². The Hall–Kier alpha value is -1.77. The minimum Gasteiger partial charge on any atom is -0.399 e. The highest BCUT2D eigenvalue weighted by atomic mass is 15.1. The van der Waals surface area contributed by atoms with Gasteiger partial charge in [0.1, 0.15) is 5.82 Å². The number of hydrogen-bond donors (Lipinski definition) is 1. The van der Waals surface area contributed by atoms with E-state index >= 15 is 0 Å². The van der Waals surface area contributed by atoms with Gasteiger partial charge in [-0.1, -0.05) is 19.1 Å². The highest BCUT2D eigenvalue weighted by Gasteiger charge is 2.11. The highest BCUT2D eigenvalue weighted by molar-refractivity contribution is 5.41. The first-order chi connectivity index (χ1) is 8.22. The van der Waals surface area contributed by atoms with E-state index < -0.39 is 0 Å². The standard InChI is InChI=1S/C14H19N3/c1-3-5-14-16-8-9-17(14)11(2)12-6-4-7-13(15)10-12/h4,6-11H,3,5,15H2,1-2H3. The first kappa shape index (κ1) is 11.7. The maximum atomic E-state index is 5.82. The summed E-state index contributed by atoms with van der Waals surface area (Å²) >= 11 is 0. The smallest absolute Gasteiger partial charge is 0.109 e. The number of nitrogens with two attached hydrogens (primary N) is 1. The van der Waals surface area contributed by atoms with Crippen LogP contribution >= 0.6 is 0 Å². The van der Waals surface area contributed by atoms with Crippen LogP contribution in [0.5, 0.6) is 0 Å². The summed E-state index contributed by atoms with van der Waals surface area (Å²) in [6.45, 7) is 4.35. The van der Waals surface area contributed by atoms with Crippen molar-refractivity contribution < 1.29 is 0 Å². The monoisotopic (exact) mass is 229 g/mol. The molecule has 0 amide bonds. The summed E-state index contributed by atoms with van der Waals surface area (Å²) in [6, 6.07) is 8.33. The van der Waals surface area contributed by atoms with Crippen LogP contribution in [0.15, 0.2) is 36.7 Å². The van der Waals surface area contributed by atoms with Crippen LogP contribution in [-0.4, -0.2) is 9.55 Å². The second-order valence-corrected chi connectivity index (χ2v) is 4.35. The van der Waals surface area contributed by atoms with E-state index in [1.165, 1.54) is 5.56 Å². The summed E-state index contributed by atoms with van der Waals surface area (Å²) < 4.78 is 2.22. The van der Waals surface area contributed by atoms with Gasteiger partial charge in [0.15, 0.2) is 0 Å². The molecular formula is C14H19N3. The third-order valence-electron chi connectivity index (χ3n) is 3.03. The topological polar surface area (TPSA) is 43.8 Å². The molecule has 0 spiro atoms. The molecule has 0 radical (unpaired) electrons. The Morgan fingerprint density at radius 2 is 2.24 bits per heavy atom. The van der Waals surface area contributed by atoms with Crippen molar-refractivity contribution in [3.63, 3.8) is 0 Å². The Balaban J connectivity index is 2.30. The second kappa shape index (κ2) is 5.04. The van der Waals surface area contributed by atoms with Crippen molar-refractivity contribution in [2.75, 3.05) is 5.73 Å². The third kappa shape index (κ3) is 2.49. The van der Waals surface area contributed by atoms with Gasteiger partial charge in [-0.2, -0.15) is 0 Å². The fourth-order valence-electron chi connectivity index (χ4n) is 2.09. The number of benzene rings is 1. The first-order valence-electron chi connectivity index (χ1n) is 6.09. The van der Waals surface area contributed by atoms with Crippen LogP contribution < -0.4 is 5.73 Å². The van der Waals surface area contributed by atoms with Crippen LogP contribution in [-0.2, 0) is 6.42 Å². The second-order valence-electron chi connectivity index (χ2n) is 4.35. The lowest BCUT2D eigenvalue weighted by Gasteiger charge is -2.17. The molecule has 0 bridgehead atoms. The molecular weight excluding hydrogens is 210 g/mol. The zero-order chi connectivity index (χ0) is 12.3. The van der Waals surface area contributed by atoms with E-state index in [0.29, 0.717) is 0 Å². The number of hydrogen-bond acceptors (Lipinski definition) is 2. The molecule has 0 saturated carbocycles. The Morgan fingerprint density at radius 3 is 2.94 bits per heavy atom. The molecule has 0 aliphatic carbocycles. The number of aromatic nitrogens is 2. The van der Waals surface area contributed by atoms with E-state index in [1.807, 2.05) is 30.6 Å². The molecule has 1 aromatic heterocycles. The van der Waals surface area contributed by atoms with E-state index in [2.05, 4.69) is 29.5 Å². The van der Waals surface area contributed by atoms with Crippen molar-refractivity contribution in [2.45, 2.75) is 32.7 Å². The number of nitrogens with zero attached hydrogens (tertiary/aromatic N) is 2. The Morgan fingerprint density at radius 1 is 1.41 bits per heavy atom. The quantitative estimate of drug-likeness (QED) is 0.819. The lowest BCUT2D eigenvalue weighted by atomic mass is 10.1. The van der Waals surface area contributed by atoms with Crippen molar-refractivity contribution >= 4 is 5.69 Å². The van der Waals surface area contributed by atoms with Gasteiger partial charge >= 0.3 is 0 Å². The molecule has 0 fully saturated rings. The molecule has 0 aliphatic rings. The van der Waals surface area contributed by atoms with Crippen LogP contribution in [0.2, 0.25) is 0 Å². The maximum absolute atomic E-state index is 5.82. The molecule has 1 heterocycles. The van der Waals surface area contributed by atoms with Gasteiger partial charge in [-0.25, -0.2) is 4.98 Å². The Labute approximate surface area is 102 Å². The highest BCUT2D eigenvalue weighted by Crippen LogP contribution is 2.21. The Kier molecular flexibility index (Phi) is 3.47. The van der Waals surface area contributed by atoms with E-state index in [4.69, 9.17) is 5.73 Å². The molecule has 1 aromatic carbocycles. The predicted octanol–water partition coefficient (Wildman–Crippen LogP) is 3.03. The van der Waals surface area contributed by atoms with E-state index in [9.17, 15) is 0 Å². The number of anilines is 1. The average Bonchev–Trinajstić information content (AvgIpc) is 2.77. The van der Waals surface area contributed by atoms with Crippen molar-refractivity contribution in [3.8, 4) is 0 Å². The molecule has 0 saturated heterocycles. The summed E-state index contributed by atoms with van der Waals surface area (Å²) in [4.78, 5) is 4.41. The normalized spacial score (nSPS) is 12.6. The molecule has 0 aliphatic heterocycles. The van der Waals surface area contributed by atoms with Gasteiger partial charge < -0.3 is 10.3 Å². The molecule has 17 heavy (non-hydrogen) atoms. The number of aryl methyl sites for hydroxylation is 1. The minimum absolute atomic E-state index is 0.280. The SMILES string of the molecule is CCCc1nccn1C(C)c1cccc(N)c1. The van der Waals surface area contributed by atoms with Gasteiger partial charge in [-0.3, -0.25) is 0 Å². The lowest BCUT2D eigenvalue weighted by Crippen LogP contribution is -2.10. The first-order valence-corrected chi connectivity index (χ1v) is 6.09. The molecule has 90 valence electrons. The van der Waals surface area contributed by atoms with Crippen LogP contribution in [0.1, 0.15) is 37.7 Å². The molecule has 1 unspecified atom stereocenters. The summed E-state index contributed by atoms with van der Waals surface area (Å²) in [5.41, 5.74) is 7.86. The van der Waals surface area contributed by atoms with Crippen LogP contribution in [0, 0.1) is 0 Å². The van der Waals surface area contributed by atoms with Gasteiger partial charge in [0.05, 0.1) is 6.04 Å². The lowest BCUT2D eigenvalue weighted by molar-refractivity contribution is 0.596. The van der Waals surface area contributed by atoms with Crippen LogP contribution in [0.25, 0.3) is 0 Å². The molecule has 3 nitrogen and oxygen atoms in total.